The highest BCUT2D eigenvalue weighted by molar-refractivity contribution is 6.19. The van der Waals surface area contributed by atoms with Crippen molar-refractivity contribution in [2.24, 2.45) is 0 Å². The van der Waals surface area contributed by atoms with Gasteiger partial charge in [-0.2, -0.15) is 0 Å². The molecule has 0 saturated heterocycles. The smallest absolute Gasteiger partial charge is 0.322 e. The quantitative estimate of drug-likeness (QED) is 0.672. The van der Waals surface area contributed by atoms with E-state index < -0.39 is 35.4 Å². The number of hydrogen-bond acceptors (Lipinski definition) is 4. The van der Waals surface area contributed by atoms with Crippen LogP contribution in [0.1, 0.15) is 52.2 Å². The van der Waals surface area contributed by atoms with Crippen molar-refractivity contribution in [3.05, 3.63) is 46.7 Å². The van der Waals surface area contributed by atoms with Crippen LogP contribution in [0.25, 0.3) is 0 Å². The Labute approximate surface area is 165 Å². The lowest BCUT2D eigenvalue weighted by atomic mass is 9.86. The predicted octanol–water partition coefficient (Wildman–Crippen LogP) is 2.51. The van der Waals surface area contributed by atoms with Crippen molar-refractivity contribution in [3.63, 3.8) is 0 Å². The summed E-state index contributed by atoms with van der Waals surface area (Å²) >= 11 is 0. The van der Waals surface area contributed by atoms with Crippen molar-refractivity contribution in [1.29, 1.82) is 0 Å². The number of carbonyl (C=O) groups is 3. The Morgan fingerprint density at radius 3 is 2.25 bits per heavy atom. The second kappa shape index (κ2) is 7.66. The number of aliphatic carboxylic acids is 1. The van der Waals surface area contributed by atoms with Crippen LogP contribution in [0.2, 0.25) is 0 Å². The van der Waals surface area contributed by atoms with E-state index in [9.17, 15) is 19.5 Å². The molecule has 0 aromatic heterocycles. The van der Waals surface area contributed by atoms with Gasteiger partial charge in [0.15, 0.2) is 0 Å². The average Bonchev–Trinajstić information content (AvgIpc) is 2.55. The Morgan fingerprint density at radius 2 is 1.75 bits per heavy atom. The van der Waals surface area contributed by atoms with E-state index in [2.05, 4.69) is 26.1 Å². The van der Waals surface area contributed by atoms with Crippen LogP contribution in [0.15, 0.2) is 35.6 Å². The SMILES string of the molecule is CC(C)(C)c1ccc(CN2C(=O)C(C(=O)NCC(=O)O)=C(O)CC2(C)C)cc1. The minimum absolute atomic E-state index is 0.0165. The van der Waals surface area contributed by atoms with Crippen LogP contribution in [0, 0.1) is 0 Å². The Kier molecular flexibility index (Phi) is 5.87. The maximum Gasteiger partial charge on any atom is 0.322 e. The van der Waals surface area contributed by atoms with E-state index in [1.807, 2.05) is 38.1 Å². The van der Waals surface area contributed by atoms with E-state index >= 15 is 0 Å². The van der Waals surface area contributed by atoms with Gasteiger partial charge in [-0.3, -0.25) is 14.4 Å². The topological polar surface area (TPSA) is 107 Å². The van der Waals surface area contributed by atoms with Gasteiger partial charge in [0, 0.05) is 18.5 Å². The van der Waals surface area contributed by atoms with E-state index in [0.29, 0.717) is 0 Å². The van der Waals surface area contributed by atoms with E-state index in [1.54, 1.807) is 0 Å². The fraction of sp³-hybridized carbons (Fsp3) is 0.476. The lowest BCUT2D eigenvalue weighted by Crippen LogP contribution is -2.53. The van der Waals surface area contributed by atoms with Gasteiger partial charge in [0.1, 0.15) is 17.9 Å². The van der Waals surface area contributed by atoms with E-state index in [-0.39, 0.29) is 24.1 Å². The number of nitrogens with one attached hydrogen (secondary N) is 1. The van der Waals surface area contributed by atoms with Gasteiger partial charge in [-0.25, -0.2) is 0 Å². The summed E-state index contributed by atoms with van der Waals surface area (Å²) in [6.45, 7) is 9.64. The van der Waals surface area contributed by atoms with Crippen molar-refractivity contribution >= 4 is 17.8 Å². The molecule has 3 N–H and O–H groups in total. The van der Waals surface area contributed by atoms with Crippen LogP contribution in [0.5, 0.6) is 0 Å². The molecule has 7 heteroatoms. The molecule has 0 atom stereocenters. The maximum absolute atomic E-state index is 13.0. The molecule has 0 aliphatic carbocycles. The number of aliphatic hydroxyl groups excluding tert-OH is 1. The molecule has 28 heavy (non-hydrogen) atoms. The van der Waals surface area contributed by atoms with Crippen LogP contribution in [0.4, 0.5) is 0 Å². The van der Waals surface area contributed by atoms with Crippen LogP contribution in [-0.4, -0.2) is 45.0 Å². The summed E-state index contributed by atoms with van der Waals surface area (Å²) in [5.74, 6) is -3.05. The van der Waals surface area contributed by atoms with Gasteiger partial charge < -0.3 is 20.4 Å². The molecular formula is C21H28N2O5. The summed E-state index contributed by atoms with van der Waals surface area (Å²) in [5.41, 5.74) is 1.00. The van der Waals surface area contributed by atoms with Gasteiger partial charge in [-0.15, -0.1) is 0 Å². The standard InChI is InChI=1S/C21H28N2O5/c1-20(2,3)14-8-6-13(7-9-14)12-23-19(28)17(15(24)10-21(23,4)5)18(27)22-11-16(25)26/h6-9,24H,10-12H2,1-5H3,(H,22,27)(H,25,26). The summed E-state index contributed by atoms with van der Waals surface area (Å²) in [7, 11) is 0. The number of carbonyl (C=O) groups excluding carboxylic acids is 2. The Morgan fingerprint density at radius 1 is 1.18 bits per heavy atom. The minimum Gasteiger partial charge on any atom is -0.511 e. The number of rotatable bonds is 5. The Bertz CT molecular complexity index is 816. The largest absolute Gasteiger partial charge is 0.511 e. The van der Waals surface area contributed by atoms with Gasteiger partial charge >= 0.3 is 5.97 Å². The zero-order chi connectivity index (χ0) is 21.3. The predicted molar refractivity (Wildman–Crippen MR) is 105 cm³/mol. The molecular weight excluding hydrogens is 360 g/mol. The number of carboxylic acid groups (broad SMARTS) is 1. The number of benzene rings is 1. The van der Waals surface area contributed by atoms with Crippen molar-refractivity contribution < 1.29 is 24.6 Å². The van der Waals surface area contributed by atoms with Gasteiger partial charge in [0.25, 0.3) is 11.8 Å². The van der Waals surface area contributed by atoms with Crippen molar-refractivity contribution in [2.75, 3.05) is 6.54 Å². The molecule has 0 saturated carbocycles. The van der Waals surface area contributed by atoms with Gasteiger partial charge in [-0.1, -0.05) is 45.0 Å². The molecule has 0 radical (unpaired) electrons. The van der Waals surface area contributed by atoms with Crippen molar-refractivity contribution in [2.45, 2.75) is 58.5 Å². The van der Waals surface area contributed by atoms with Crippen LogP contribution >= 0.6 is 0 Å². The zero-order valence-corrected chi connectivity index (χ0v) is 17.0. The third-order valence-corrected chi connectivity index (χ3v) is 4.87. The van der Waals surface area contributed by atoms with Crippen molar-refractivity contribution in [1.82, 2.24) is 10.2 Å². The summed E-state index contributed by atoms with van der Waals surface area (Å²) in [6, 6.07) is 7.94. The molecule has 1 heterocycles. The Balaban J connectivity index is 2.27. The van der Waals surface area contributed by atoms with E-state index in [1.165, 1.54) is 10.5 Å². The summed E-state index contributed by atoms with van der Waals surface area (Å²) in [4.78, 5) is 37.4. The second-order valence-corrected chi connectivity index (χ2v) is 8.73. The van der Waals surface area contributed by atoms with Crippen LogP contribution < -0.4 is 5.32 Å². The molecule has 0 unspecified atom stereocenters. The molecule has 1 aromatic rings. The highest BCUT2D eigenvalue weighted by atomic mass is 16.4. The summed E-state index contributed by atoms with van der Waals surface area (Å²) in [5, 5.41) is 21.1. The third kappa shape index (κ3) is 4.71. The minimum atomic E-state index is -1.23. The molecule has 1 aromatic carbocycles. The first kappa shape index (κ1) is 21.5. The van der Waals surface area contributed by atoms with E-state index in [4.69, 9.17) is 5.11 Å². The number of aliphatic hydroxyl groups is 1. The fourth-order valence-corrected chi connectivity index (χ4v) is 3.18. The molecule has 0 fully saturated rings. The number of hydrogen-bond donors (Lipinski definition) is 3. The molecule has 0 bridgehead atoms. The molecule has 0 spiro atoms. The molecule has 1 aliphatic rings. The number of amides is 2. The summed E-state index contributed by atoms with van der Waals surface area (Å²) in [6.07, 6.45) is 0.106. The summed E-state index contributed by atoms with van der Waals surface area (Å²) < 4.78 is 0. The highest BCUT2D eigenvalue weighted by Crippen LogP contribution is 2.33. The first-order valence-corrected chi connectivity index (χ1v) is 9.16. The zero-order valence-electron chi connectivity index (χ0n) is 17.0. The molecule has 2 rings (SSSR count). The molecule has 2 amide bonds. The maximum atomic E-state index is 13.0. The van der Waals surface area contributed by atoms with Gasteiger partial charge in [0.2, 0.25) is 0 Å². The second-order valence-electron chi connectivity index (χ2n) is 8.73. The van der Waals surface area contributed by atoms with Crippen LogP contribution in [-0.2, 0) is 26.3 Å². The molecule has 1 aliphatic heterocycles. The highest BCUT2D eigenvalue weighted by Gasteiger charge is 2.42. The van der Waals surface area contributed by atoms with Crippen LogP contribution in [0.3, 0.4) is 0 Å². The Hall–Kier alpha value is -2.83. The first-order chi connectivity index (χ1) is 12.8. The average molecular weight is 388 g/mol. The fourth-order valence-electron chi connectivity index (χ4n) is 3.18. The lowest BCUT2D eigenvalue weighted by Gasteiger charge is -2.42. The lowest BCUT2D eigenvalue weighted by molar-refractivity contribution is -0.140. The number of carboxylic acids is 1. The van der Waals surface area contributed by atoms with Gasteiger partial charge in [0.05, 0.1) is 0 Å². The normalized spacial score (nSPS) is 16.9. The van der Waals surface area contributed by atoms with Gasteiger partial charge in [-0.05, 0) is 30.4 Å². The molecule has 152 valence electrons. The monoisotopic (exact) mass is 388 g/mol. The molecule has 7 nitrogen and oxygen atoms in total. The first-order valence-electron chi connectivity index (χ1n) is 9.16. The van der Waals surface area contributed by atoms with E-state index in [0.717, 1.165) is 5.56 Å². The van der Waals surface area contributed by atoms with Crippen molar-refractivity contribution in [3.8, 4) is 0 Å². The number of nitrogens with zero attached hydrogens (tertiary/aromatic N) is 1. The third-order valence-electron chi connectivity index (χ3n) is 4.87.